The molecule has 0 spiro atoms. The van der Waals surface area contributed by atoms with Crippen LogP contribution < -0.4 is 5.43 Å². The monoisotopic (exact) mass is 280 g/mol. The van der Waals surface area contributed by atoms with Crippen molar-refractivity contribution in [3.05, 3.63) is 63.8 Å². The van der Waals surface area contributed by atoms with Crippen molar-refractivity contribution in [2.24, 2.45) is 0 Å². The predicted molar refractivity (Wildman–Crippen MR) is 84.8 cm³/mol. The molecule has 3 heteroatoms. The van der Waals surface area contributed by atoms with Gasteiger partial charge in [-0.05, 0) is 44.5 Å². The first-order valence-electron chi connectivity index (χ1n) is 6.87. The zero-order valence-corrected chi connectivity index (χ0v) is 12.0. The molecule has 0 fully saturated rings. The van der Waals surface area contributed by atoms with Gasteiger partial charge in [-0.15, -0.1) is 0 Å². The Balaban J connectivity index is 2.39. The number of fused-ring (bicyclic) bond motifs is 2. The van der Waals surface area contributed by atoms with Crippen molar-refractivity contribution in [2.45, 2.75) is 20.3 Å². The second-order valence-corrected chi connectivity index (χ2v) is 5.35. The van der Waals surface area contributed by atoms with Gasteiger partial charge in [-0.2, -0.15) is 0 Å². The fraction of sp³-hybridized carbons (Fsp3) is 0.167. The van der Waals surface area contributed by atoms with E-state index in [-0.39, 0.29) is 11.2 Å². The van der Waals surface area contributed by atoms with Crippen LogP contribution in [-0.4, -0.2) is 5.11 Å². The average Bonchev–Trinajstić information content (AvgIpc) is 2.46. The van der Waals surface area contributed by atoms with Crippen LogP contribution in [0.4, 0.5) is 0 Å². The molecule has 0 radical (unpaired) electrons. The van der Waals surface area contributed by atoms with E-state index in [1.54, 1.807) is 24.3 Å². The second-order valence-electron chi connectivity index (χ2n) is 5.35. The zero-order valence-electron chi connectivity index (χ0n) is 12.0. The minimum atomic E-state index is -0.0645. The van der Waals surface area contributed by atoms with Gasteiger partial charge in [0.15, 0.2) is 0 Å². The number of rotatable bonds is 2. The van der Waals surface area contributed by atoms with Crippen molar-refractivity contribution in [2.75, 3.05) is 0 Å². The molecule has 0 aliphatic heterocycles. The van der Waals surface area contributed by atoms with E-state index in [2.05, 4.69) is 0 Å². The van der Waals surface area contributed by atoms with Crippen LogP contribution in [0, 0.1) is 0 Å². The highest BCUT2D eigenvalue weighted by Crippen LogP contribution is 2.29. The van der Waals surface area contributed by atoms with Crippen molar-refractivity contribution in [1.29, 1.82) is 0 Å². The van der Waals surface area contributed by atoms with Gasteiger partial charge in [0.25, 0.3) is 0 Å². The van der Waals surface area contributed by atoms with E-state index in [0.29, 0.717) is 33.9 Å². The summed E-state index contributed by atoms with van der Waals surface area (Å²) in [5.41, 5.74) is 2.74. The zero-order chi connectivity index (χ0) is 15.0. The van der Waals surface area contributed by atoms with Gasteiger partial charge in [-0.1, -0.05) is 23.8 Å². The molecular formula is C18H16O3. The van der Waals surface area contributed by atoms with E-state index in [9.17, 15) is 9.90 Å². The van der Waals surface area contributed by atoms with Gasteiger partial charge in [0.2, 0.25) is 5.43 Å². The quantitative estimate of drug-likeness (QED) is 0.566. The summed E-state index contributed by atoms with van der Waals surface area (Å²) in [6.07, 6.45) is 2.54. The summed E-state index contributed by atoms with van der Waals surface area (Å²) in [7, 11) is 0. The topological polar surface area (TPSA) is 50.4 Å². The summed E-state index contributed by atoms with van der Waals surface area (Å²) >= 11 is 0. The first-order chi connectivity index (χ1) is 10.1. The Bertz CT molecular complexity index is 913. The summed E-state index contributed by atoms with van der Waals surface area (Å²) in [6.45, 7) is 3.99. The normalized spacial score (nSPS) is 11.0. The number of phenolic OH excluding ortho intramolecular Hbond substituents is 1. The molecule has 21 heavy (non-hydrogen) atoms. The fourth-order valence-corrected chi connectivity index (χ4v) is 2.41. The molecule has 0 saturated heterocycles. The van der Waals surface area contributed by atoms with Crippen molar-refractivity contribution in [3.63, 3.8) is 0 Å². The van der Waals surface area contributed by atoms with Crippen LogP contribution in [0.3, 0.4) is 0 Å². The van der Waals surface area contributed by atoms with E-state index in [0.717, 1.165) is 5.57 Å². The van der Waals surface area contributed by atoms with Gasteiger partial charge < -0.3 is 9.52 Å². The van der Waals surface area contributed by atoms with Gasteiger partial charge in [0.1, 0.15) is 16.9 Å². The maximum atomic E-state index is 12.5. The summed E-state index contributed by atoms with van der Waals surface area (Å²) in [6, 6.07) is 10.3. The number of hydrogen-bond acceptors (Lipinski definition) is 3. The van der Waals surface area contributed by atoms with Crippen molar-refractivity contribution in [1.82, 2.24) is 0 Å². The Morgan fingerprint density at radius 2 is 1.90 bits per heavy atom. The number of benzene rings is 2. The maximum Gasteiger partial charge on any atom is 0.200 e. The van der Waals surface area contributed by atoms with E-state index in [4.69, 9.17) is 4.42 Å². The molecule has 1 heterocycles. The number of aromatic hydroxyl groups is 1. The molecule has 0 aliphatic carbocycles. The SMILES string of the molecule is CC(C)=CCc1c(O)ccc2c(=O)c3ccccc3oc12. The maximum absolute atomic E-state index is 12.5. The number of para-hydroxylation sites is 1. The molecule has 106 valence electrons. The van der Waals surface area contributed by atoms with Crippen LogP contribution in [0.25, 0.3) is 21.9 Å². The second kappa shape index (κ2) is 5.09. The lowest BCUT2D eigenvalue weighted by molar-refractivity contribution is 0.469. The third kappa shape index (κ3) is 2.31. The number of allylic oxidation sites excluding steroid dienone is 2. The molecule has 0 aliphatic rings. The Hall–Kier alpha value is -2.55. The Morgan fingerprint density at radius 1 is 1.14 bits per heavy atom. The van der Waals surface area contributed by atoms with Crippen LogP contribution in [0.2, 0.25) is 0 Å². The number of hydrogen-bond donors (Lipinski definition) is 1. The highest BCUT2D eigenvalue weighted by atomic mass is 16.3. The molecule has 0 saturated carbocycles. The van der Waals surface area contributed by atoms with Crippen LogP contribution in [0.1, 0.15) is 19.4 Å². The summed E-state index contributed by atoms with van der Waals surface area (Å²) < 4.78 is 5.88. The van der Waals surface area contributed by atoms with Crippen LogP contribution in [-0.2, 0) is 6.42 Å². The minimum Gasteiger partial charge on any atom is -0.508 e. The van der Waals surface area contributed by atoms with Crippen LogP contribution in [0.5, 0.6) is 5.75 Å². The first-order valence-corrected chi connectivity index (χ1v) is 6.87. The fourth-order valence-electron chi connectivity index (χ4n) is 2.41. The molecule has 0 atom stereocenters. The minimum absolute atomic E-state index is 0.0645. The van der Waals surface area contributed by atoms with Crippen molar-refractivity contribution >= 4 is 21.9 Å². The molecule has 1 aromatic heterocycles. The Morgan fingerprint density at radius 3 is 2.67 bits per heavy atom. The van der Waals surface area contributed by atoms with Gasteiger partial charge in [0, 0.05) is 5.56 Å². The van der Waals surface area contributed by atoms with Gasteiger partial charge in [-0.3, -0.25) is 4.79 Å². The summed E-state index contributed by atoms with van der Waals surface area (Å²) in [4.78, 5) is 12.5. The molecule has 0 amide bonds. The molecule has 3 nitrogen and oxygen atoms in total. The third-order valence-electron chi connectivity index (χ3n) is 3.54. The largest absolute Gasteiger partial charge is 0.508 e. The Kier molecular flexibility index (Phi) is 3.26. The molecular weight excluding hydrogens is 264 g/mol. The summed E-state index contributed by atoms with van der Waals surface area (Å²) in [5, 5.41) is 11.2. The van der Waals surface area contributed by atoms with Gasteiger partial charge in [0.05, 0.1) is 10.8 Å². The third-order valence-corrected chi connectivity index (χ3v) is 3.54. The lowest BCUT2D eigenvalue weighted by Gasteiger charge is -2.07. The highest BCUT2D eigenvalue weighted by Gasteiger charge is 2.13. The number of phenols is 1. The molecule has 0 unspecified atom stereocenters. The smallest absolute Gasteiger partial charge is 0.200 e. The lowest BCUT2D eigenvalue weighted by atomic mass is 10.0. The predicted octanol–water partition coefficient (Wildman–Crippen LogP) is 4.16. The van der Waals surface area contributed by atoms with Crippen LogP contribution >= 0.6 is 0 Å². The van der Waals surface area contributed by atoms with E-state index in [1.165, 1.54) is 0 Å². The molecule has 3 aromatic rings. The Labute approximate surface area is 122 Å². The molecule has 0 bridgehead atoms. The van der Waals surface area contributed by atoms with E-state index in [1.807, 2.05) is 32.1 Å². The van der Waals surface area contributed by atoms with Crippen molar-refractivity contribution < 1.29 is 9.52 Å². The van der Waals surface area contributed by atoms with Crippen molar-refractivity contribution in [3.8, 4) is 5.75 Å². The van der Waals surface area contributed by atoms with Gasteiger partial charge in [-0.25, -0.2) is 0 Å². The lowest BCUT2D eigenvalue weighted by Crippen LogP contribution is -2.03. The van der Waals surface area contributed by atoms with Crippen LogP contribution in [0.15, 0.2) is 57.3 Å². The van der Waals surface area contributed by atoms with E-state index >= 15 is 0 Å². The average molecular weight is 280 g/mol. The molecule has 2 aromatic carbocycles. The summed E-state index contributed by atoms with van der Waals surface area (Å²) in [5.74, 6) is 0.151. The van der Waals surface area contributed by atoms with Gasteiger partial charge >= 0.3 is 0 Å². The first kappa shape index (κ1) is 13.4. The molecule has 3 rings (SSSR count). The highest BCUT2D eigenvalue weighted by molar-refractivity contribution is 5.92. The molecule has 1 N–H and O–H groups in total. The van der Waals surface area contributed by atoms with E-state index < -0.39 is 0 Å². The standard InChI is InChI=1S/C18H16O3/c1-11(2)7-8-12-15(19)10-9-14-17(20)13-5-3-4-6-16(13)21-18(12)14/h3-7,9-10,19H,8H2,1-2H3.